The minimum Gasteiger partial charge on any atom is -0.317 e. The lowest BCUT2D eigenvalue weighted by molar-refractivity contribution is 0.167. The zero-order chi connectivity index (χ0) is 19.6. The molecule has 3 saturated heterocycles. The first-order valence-corrected chi connectivity index (χ1v) is 11.9. The summed E-state index contributed by atoms with van der Waals surface area (Å²) in [5, 5.41) is 13.3. The van der Waals surface area contributed by atoms with Crippen LogP contribution in [0, 0.1) is 5.92 Å². The normalized spacial score (nSPS) is 25.6. The van der Waals surface area contributed by atoms with E-state index >= 15 is 0 Å². The van der Waals surface area contributed by atoms with Gasteiger partial charge in [0.25, 0.3) is 0 Å². The summed E-state index contributed by atoms with van der Waals surface area (Å²) in [6, 6.07) is 7.20. The Labute approximate surface area is 175 Å². The van der Waals surface area contributed by atoms with E-state index in [1.54, 1.807) is 0 Å². The first kappa shape index (κ1) is 19.5. The highest BCUT2D eigenvalue weighted by atomic mass is 15.3. The van der Waals surface area contributed by atoms with Crippen molar-refractivity contribution in [1.29, 1.82) is 0 Å². The van der Waals surface area contributed by atoms with Gasteiger partial charge in [0, 0.05) is 31.4 Å². The van der Waals surface area contributed by atoms with Crippen molar-refractivity contribution in [3.05, 3.63) is 29.5 Å². The molecule has 4 heterocycles. The van der Waals surface area contributed by atoms with Crippen LogP contribution < -0.4 is 10.6 Å². The van der Waals surface area contributed by atoms with E-state index in [1.165, 1.54) is 93.4 Å². The molecule has 5 rings (SSSR count). The second-order valence-corrected chi connectivity index (χ2v) is 9.60. The quantitative estimate of drug-likeness (QED) is 0.834. The number of fused-ring (bicyclic) bond motifs is 1. The molecule has 1 atom stereocenters. The molecular formula is C24H37N5. The monoisotopic (exact) mass is 395 g/mol. The summed E-state index contributed by atoms with van der Waals surface area (Å²) in [4.78, 5) is 2.73. The smallest absolute Gasteiger partial charge is 0.0746 e. The molecule has 3 fully saturated rings. The van der Waals surface area contributed by atoms with Gasteiger partial charge in [-0.15, -0.1) is 0 Å². The number of likely N-dealkylation sites (tertiary alicyclic amines) is 1. The molecule has 158 valence electrons. The average molecular weight is 396 g/mol. The fourth-order valence-electron chi connectivity index (χ4n) is 5.82. The van der Waals surface area contributed by atoms with Crippen LogP contribution in [0.5, 0.6) is 0 Å². The minimum atomic E-state index is 0.566. The van der Waals surface area contributed by atoms with E-state index in [1.807, 2.05) is 0 Å². The molecule has 0 saturated carbocycles. The van der Waals surface area contributed by atoms with Crippen LogP contribution in [0.4, 0.5) is 0 Å². The molecule has 3 aliphatic rings. The van der Waals surface area contributed by atoms with Gasteiger partial charge in [0.2, 0.25) is 0 Å². The van der Waals surface area contributed by atoms with Gasteiger partial charge in [0.05, 0.1) is 11.2 Å². The highest BCUT2D eigenvalue weighted by Gasteiger charge is 2.25. The van der Waals surface area contributed by atoms with E-state index in [-0.39, 0.29) is 0 Å². The van der Waals surface area contributed by atoms with Crippen LogP contribution in [0.25, 0.3) is 10.9 Å². The molecule has 2 aromatic rings. The van der Waals surface area contributed by atoms with Crippen LogP contribution in [0.3, 0.4) is 0 Å². The maximum atomic E-state index is 4.94. The van der Waals surface area contributed by atoms with Gasteiger partial charge in [0.1, 0.15) is 0 Å². The summed E-state index contributed by atoms with van der Waals surface area (Å²) >= 11 is 0. The predicted molar refractivity (Wildman–Crippen MR) is 120 cm³/mol. The van der Waals surface area contributed by atoms with Crippen molar-refractivity contribution in [2.24, 2.45) is 13.0 Å². The number of nitrogens with one attached hydrogen (secondary N) is 2. The number of hydrogen-bond donors (Lipinski definition) is 2. The standard InChI is InChI=1S/C24H37N5/c1-28-23-15-20(4-5-22(23)24(27-28)21-3-2-10-26-16-21)19-8-13-29(14-9-19)17-18-6-11-25-12-7-18/h4-5,15,18-19,21,25-26H,2-3,6-14,16-17H2,1H3. The number of aryl methyl sites for hydroxylation is 1. The van der Waals surface area contributed by atoms with E-state index in [0.717, 1.165) is 19.0 Å². The van der Waals surface area contributed by atoms with Gasteiger partial charge in [-0.05, 0) is 94.7 Å². The summed E-state index contributed by atoms with van der Waals surface area (Å²) in [7, 11) is 2.12. The molecule has 0 spiro atoms. The summed E-state index contributed by atoms with van der Waals surface area (Å²) < 4.78 is 2.12. The summed E-state index contributed by atoms with van der Waals surface area (Å²) in [5.74, 6) is 2.18. The van der Waals surface area contributed by atoms with E-state index in [0.29, 0.717) is 11.8 Å². The lowest BCUT2D eigenvalue weighted by Crippen LogP contribution is -2.39. The van der Waals surface area contributed by atoms with Crippen LogP contribution >= 0.6 is 0 Å². The summed E-state index contributed by atoms with van der Waals surface area (Å²) in [6.45, 7) is 8.49. The molecule has 2 N–H and O–H groups in total. The third kappa shape index (κ3) is 4.23. The molecule has 1 aromatic heterocycles. The molecule has 5 nitrogen and oxygen atoms in total. The van der Waals surface area contributed by atoms with Crippen molar-refractivity contribution in [1.82, 2.24) is 25.3 Å². The number of rotatable bonds is 4. The number of hydrogen-bond acceptors (Lipinski definition) is 4. The molecular weight excluding hydrogens is 358 g/mol. The molecule has 0 radical (unpaired) electrons. The van der Waals surface area contributed by atoms with E-state index in [9.17, 15) is 0 Å². The second kappa shape index (κ2) is 8.75. The Morgan fingerprint density at radius 3 is 2.55 bits per heavy atom. The molecule has 0 aliphatic carbocycles. The van der Waals surface area contributed by atoms with Gasteiger partial charge in [-0.3, -0.25) is 4.68 Å². The van der Waals surface area contributed by atoms with Crippen molar-refractivity contribution in [3.63, 3.8) is 0 Å². The number of aromatic nitrogens is 2. The van der Waals surface area contributed by atoms with Crippen molar-refractivity contribution < 1.29 is 0 Å². The molecule has 5 heteroatoms. The third-order valence-corrected chi connectivity index (χ3v) is 7.62. The van der Waals surface area contributed by atoms with Crippen molar-refractivity contribution >= 4 is 10.9 Å². The van der Waals surface area contributed by atoms with Crippen molar-refractivity contribution in [3.8, 4) is 0 Å². The second-order valence-electron chi connectivity index (χ2n) is 9.60. The first-order chi connectivity index (χ1) is 14.3. The molecule has 3 aliphatic heterocycles. The Morgan fingerprint density at radius 2 is 1.79 bits per heavy atom. The van der Waals surface area contributed by atoms with E-state index in [2.05, 4.69) is 45.5 Å². The molecule has 0 bridgehead atoms. The Balaban J connectivity index is 1.26. The number of nitrogens with zero attached hydrogens (tertiary/aromatic N) is 3. The fourth-order valence-corrected chi connectivity index (χ4v) is 5.82. The van der Waals surface area contributed by atoms with Crippen LogP contribution in [0.15, 0.2) is 18.2 Å². The van der Waals surface area contributed by atoms with E-state index in [4.69, 9.17) is 5.10 Å². The van der Waals surface area contributed by atoms with Crippen molar-refractivity contribution in [2.45, 2.75) is 50.4 Å². The van der Waals surface area contributed by atoms with Gasteiger partial charge in [-0.25, -0.2) is 0 Å². The highest BCUT2D eigenvalue weighted by Crippen LogP contribution is 2.34. The Morgan fingerprint density at radius 1 is 0.966 bits per heavy atom. The summed E-state index contributed by atoms with van der Waals surface area (Å²) in [5.41, 5.74) is 4.15. The van der Waals surface area contributed by atoms with Gasteiger partial charge >= 0.3 is 0 Å². The SMILES string of the molecule is Cn1nc(C2CCCNC2)c2ccc(C3CCN(CC4CCNCC4)CC3)cc21. The molecule has 1 unspecified atom stereocenters. The highest BCUT2D eigenvalue weighted by molar-refractivity contribution is 5.83. The van der Waals surface area contributed by atoms with E-state index < -0.39 is 0 Å². The zero-order valence-corrected chi connectivity index (χ0v) is 18.0. The first-order valence-electron chi connectivity index (χ1n) is 11.9. The Kier molecular flexibility index (Phi) is 5.89. The third-order valence-electron chi connectivity index (χ3n) is 7.62. The topological polar surface area (TPSA) is 45.1 Å². The Bertz CT molecular complexity index is 808. The maximum absolute atomic E-state index is 4.94. The van der Waals surface area contributed by atoms with Gasteiger partial charge in [-0.1, -0.05) is 12.1 Å². The van der Waals surface area contributed by atoms with Gasteiger partial charge < -0.3 is 15.5 Å². The molecule has 1 aromatic carbocycles. The lowest BCUT2D eigenvalue weighted by atomic mass is 9.87. The van der Waals surface area contributed by atoms with Gasteiger partial charge in [-0.2, -0.15) is 5.10 Å². The number of benzene rings is 1. The lowest BCUT2D eigenvalue weighted by Gasteiger charge is -2.35. The molecule has 0 amide bonds. The fraction of sp³-hybridized carbons (Fsp3) is 0.708. The average Bonchev–Trinajstić information content (AvgIpc) is 3.12. The predicted octanol–water partition coefficient (Wildman–Crippen LogP) is 3.22. The zero-order valence-electron chi connectivity index (χ0n) is 18.0. The molecule has 29 heavy (non-hydrogen) atoms. The van der Waals surface area contributed by atoms with Crippen LogP contribution in [0.2, 0.25) is 0 Å². The minimum absolute atomic E-state index is 0.566. The van der Waals surface area contributed by atoms with Crippen LogP contribution in [-0.4, -0.2) is 60.5 Å². The maximum Gasteiger partial charge on any atom is 0.0746 e. The van der Waals surface area contributed by atoms with Crippen molar-refractivity contribution in [2.75, 3.05) is 45.8 Å². The van der Waals surface area contributed by atoms with Crippen LogP contribution in [-0.2, 0) is 7.05 Å². The summed E-state index contributed by atoms with van der Waals surface area (Å²) in [6.07, 6.45) is 7.83. The Hall–Kier alpha value is -1.43. The largest absolute Gasteiger partial charge is 0.317 e. The van der Waals surface area contributed by atoms with Crippen LogP contribution in [0.1, 0.15) is 61.6 Å². The number of piperidine rings is 3. The van der Waals surface area contributed by atoms with Gasteiger partial charge in [0.15, 0.2) is 0 Å².